The van der Waals surface area contributed by atoms with E-state index in [1.54, 1.807) is 36.4 Å². The summed E-state index contributed by atoms with van der Waals surface area (Å²) >= 11 is 5.84. The number of benzene rings is 2. The lowest BCUT2D eigenvalue weighted by atomic mass is 10.1. The molecule has 0 atom stereocenters. The van der Waals surface area contributed by atoms with Crippen LogP contribution in [-0.4, -0.2) is 22.4 Å². The summed E-state index contributed by atoms with van der Waals surface area (Å²) in [7, 11) is 0. The molecule has 2 aromatic rings. The summed E-state index contributed by atoms with van der Waals surface area (Å²) in [6.07, 6.45) is 1.44. The molecule has 4 nitrogen and oxygen atoms in total. The second-order valence-electron chi connectivity index (χ2n) is 4.20. The fourth-order valence-corrected chi connectivity index (χ4v) is 1.87. The molecule has 0 spiro atoms. The number of carbonyl (C=O) groups is 1. The average molecular weight is 290 g/mol. The van der Waals surface area contributed by atoms with Crippen LogP contribution in [-0.2, 0) is 11.2 Å². The summed E-state index contributed by atoms with van der Waals surface area (Å²) in [6, 6.07) is 11.6. The van der Waals surface area contributed by atoms with Crippen molar-refractivity contribution < 1.29 is 15.0 Å². The molecule has 20 heavy (non-hydrogen) atoms. The fourth-order valence-electron chi connectivity index (χ4n) is 1.69. The second-order valence-corrected chi connectivity index (χ2v) is 4.64. The number of aromatic hydroxyl groups is 1. The van der Waals surface area contributed by atoms with E-state index < -0.39 is 5.97 Å². The van der Waals surface area contributed by atoms with E-state index in [4.69, 9.17) is 16.7 Å². The average Bonchev–Trinajstić information content (AvgIpc) is 2.39. The number of nitrogens with zero attached hydrogens (tertiary/aromatic N) is 1. The minimum atomic E-state index is -0.890. The zero-order chi connectivity index (χ0) is 14.5. The lowest BCUT2D eigenvalue weighted by Gasteiger charge is -2.01. The van der Waals surface area contributed by atoms with Crippen molar-refractivity contribution in [1.82, 2.24) is 0 Å². The number of rotatable bonds is 4. The van der Waals surface area contributed by atoms with Gasteiger partial charge in [0.15, 0.2) is 0 Å². The summed E-state index contributed by atoms with van der Waals surface area (Å²) in [4.78, 5) is 14.9. The third-order valence-corrected chi connectivity index (χ3v) is 2.84. The molecule has 0 aromatic heterocycles. The Bertz CT molecular complexity index is 668. The molecule has 2 rings (SSSR count). The Morgan fingerprint density at radius 3 is 2.80 bits per heavy atom. The lowest BCUT2D eigenvalue weighted by Crippen LogP contribution is -1.99. The predicted molar refractivity (Wildman–Crippen MR) is 78.2 cm³/mol. The molecule has 0 unspecified atom stereocenters. The minimum Gasteiger partial charge on any atom is -0.507 e. The van der Waals surface area contributed by atoms with Crippen molar-refractivity contribution >= 4 is 29.5 Å². The molecule has 0 bridgehead atoms. The van der Waals surface area contributed by atoms with Gasteiger partial charge in [0, 0.05) is 16.8 Å². The fraction of sp³-hybridized carbons (Fsp3) is 0.0667. The van der Waals surface area contributed by atoms with Gasteiger partial charge in [0.05, 0.1) is 12.1 Å². The Balaban J connectivity index is 2.22. The molecule has 0 aliphatic rings. The molecule has 0 fully saturated rings. The smallest absolute Gasteiger partial charge is 0.307 e. The predicted octanol–water partition coefficient (Wildman–Crippen LogP) is 3.42. The van der Waals surface area contributed by atoms with Crippen LogP contribution in [0.4, 0.5) is 5.69 Å². The summed E-state index contributed by atoms with van der Waals surface area (Å²) < 4.78 is 0. The van der Waals surface area contributed by atoms with Crippen molar-refractivity contribution in [2.45, 2.75) is 6.42 Å². The number of hydrogen-bond acceptors (Lipinski definition) is 3. The molecule has 0 radical (unpaired) electrons. The van der Waals surface area contributed by atoms with Gasteiger partial charge in [0.1, 0.15) is 5.75 Å². The number of hydrogen-bond donors (Lipinski definition) is 2. The Labute approximate surface area is 121 Å². The van der Waals surface area contributed by atoms with E-state index in [-0.39, 0.29) is 12.2 Å². The van der Waals surface area contributed by atoms with Gasteiger partial charge in [-0.3, -0.25) is 9.79 Å². The first kappa shape index (κ1) is 14.1. The first-order valence-corrected chi connectivity index (χ1v) is 6.26. The molecule has 102 valence electrons. The van der Waals surface area contributed by atoms with Crippen molar-refractivity contribution in [1.29, 1.82) is 0 Å². The summed E-state index contributed by atoms with van der Waals surface area (Å²) in [6.45, 7) is 0. The normalized spacial score (nSPS) is 10.8. The summed E-state index contributed by atoms with van der Waals surface area (Å²) in [5.41, 5.74) is 1.78. The van der Waals surface area contributed by atoms with Crippen LogP contribution in [0.5, 0.6) is 5.75 Å². The van der Waals surface area contributed by atoms with Gasteiger partial charge in [-0.25, -0.2) is 0 Å². The Hall–Kier alpha value is -2.33. The molecule has 0 amide bonds. The second kappa shape index (κ2) is 6.21. The van der Waals surface area contributed by atoms with Crippen LogP contribution in [0.15, 0.2) is 47.5 Å². The monoisotopic (exact) mass is 289 g/mol. The van der Waals surface area contributed by atoms with Gasteiger partial charge in [-0.05, 0) is 35.9 Å². The SMILES string of the molecule is O=C(O)Cc1cccc(/N=C/c2cc(Cl)ccc2O)c1. The number of phenols is 1. The highest BCUT2D eigenvalue weighted by atomic mass is 35.5. The molecule has 2 aromatic carbocycles. The van der Waals surface area contributed by atoms with Crippen molar-refractivity contribution in [2.24, 2.45) is 4.99 Å². The maximum absolute atomic E-state index is 10.7. The highest BCUT2D eigenvalue weighted by molar-refractivity contribution is 6.30. The van der Waals surface area contributed by atoms with Crippen LogP contribution in [0, 0.1) is 0 Å². The molecule has 0 aliphatic carbocycles. The third kappa shape index (κ3) is 3.83. The van der Waals surface area contributed by atoms with Gasteiger partial charge in [-0.15, -0.1) is 0 Å². The minimum absolute atomic E-state index is 0.0498. The number of carboxylic acids is 1. The van der Waals surface area contributed by atoms with E-state index in [9.17, 15) is 9.90 Å². The van der Waals surface area contributed by atoms with E-state index in [0.717, 1.165) is 0 Å². The van der Waals surface area contributed by atoms with Crippen LogP contribution in [0.2, 0.25) is 5.02 Å². The highest BCUT2D eigenvalue weighted by Gasteiger charge is 2.02. The van der Waals surface area contributed by atoms with Crippen LogP contribution < -0.4 is 0 Å². The topological polar surface area (TPSA) is 69.9 Å². The van der Waals surface area contributed by atoms with Crippen LogP contribution >= 0.6 is 11.6 Å². The maximum Gasteiger partial charge on any atom is 0.307 e. The Morgan fingerprint density at radius 1 is 1.25 bits per heavy atom. The molecule has 2 N–H and O–H groups in total. The van der Waals surface area contributed by atoms with Crippen molar-refractivity contribution in [2.75, 3.05) is 0 Å². The molecule has 0 aliphatic heterocycles. The first-order valence-electron chi connectivity index (χ1n) is 5.88. The molecule has 5 heteroatoms. The standard InChI is InChI=1S/C15H12ClNO3/c16-12-4-5-14(18)11(8-12)9-17-13-3-1-2-10(6-13)7-15(19)20/h1-6,8-9,18H,7H2,(H,19,20)/b17-9+. The number of aliphatic carboxylic acids is 1. The first-order chi connectivity index (χ1) is 9.54. The number of halogens is 1. The van der Waals surface area contributed by atoms with Crippen molar-refractivity contribution in [3.8, 4) is 5.75 Å². The summed E-state index contributed by atoms with van der Waals surface area (Å²) in [5.74, 6) is -0.807. The maximum atomic E-state index is 10.7. The van der Waals surface area contributed by atoms with E-state index in [0.29, 0.717) is 21.8 Å². The van der Waals surface area contributed by atoms with Gasteiger partial charge >= 0.3 is 5.97 Å². The van der Waals surface area contributed by atoms with E-state index in [2.05, 4.69) is 4.99 Å². The third-order valence-electron chi connectivity index (χ3n) is 2.61. The zero-order valence-corrected chi connectivity index (χ0v) is 11.2. The van der Waals surface area contributed by atoms with Crippen LogP contribution in [0.25, 0.3) is 0 Å². The number of phenolic OH excluding ortho intramolecular Hbond substituents is 1. The summed E-state index contributed by atoms with van der Waals surface area (Å²) in [5, 5.41) is 18.9. The Morgan fingerprint density at radius 2 is 2.05 bits per heavy atom. The van der Waals surface area contributed by atoms with E-state index >= 15 is 0 Å². The largest absolute Gasteiger partial charge is 0.507 e. The van der Waals surface area contributed by atoms with Crippen molar-refractivity contribution in [3.63, 3.8) is 0 Å². The van der Waals surface area contributed by atoms with E-state index in [1.165, 1.54) is 12.3 Å². The van der Waals surface area contributed by atoms with Crippen LogP contribution in [0.3, 0.4) is 0 Å². The lowest BCUT2D eigenvalue weighted by molar-refractivity contribution is -0.136. The van der Waals surface area contributed by atoms with Gasteiger partial charge in [0.25, 0.3) is 0 Å². The highest BCUT2D eigenvalue weighted by Crippen LogP contribution is 2.21. The molecular formula is C15H12ClNO3. The van der Waals surface area contributed by atoms with Gasteiger partial charge in [-0.2, -0.15) is 0 Å². The Kier molecular flexibility index (Phi) is 4.38. The van der Waals surface area contributed by atoms with Gasteiger partial charge in [-0.1, -0.05) is 23.7 Å². The molecule has 0 heterocycles. The number of carboxylic acid groups (broad SMARTS) is 1. The van der Waals surface area contributed by atoms with E-state index in [1.807, 2.05) is 0 Å². The number of aliphatic imine (C=N–C) groups is 1. The van der Waals surface area contributed by atoms with Crippen LogP contribution in [0.1, 0.15) is 11.1 Å². The molecule has 0 saturated heterocycles. The molecule has 0 saturated carbocycles. The van der Waals surface area contributed by atoms with Gasteiger partial charge in [0.2, 0.25) is 0 Å². The zero-order valence-electron chi connectivity index (χ0n) is 10.5. The quantitative estimate of drug-likeness (QED) is 0.847. The van der Waals surface area contributed by atoms with Gasteiger partial charge < -0.3 is 10.2 Å². The van der Waals surface area contributed by atoms with Crippen molar-refractivity contribution in [3.05, 3.63) is 58.6 Å². The molecular weight excluding hydrogens is 278 g/mol.